The minimum Gasteiger partial charge on any atom is -0.512 e. The van der Waals surface area contributed by atoms with E-state index in [0.29, 0.717) is 147 Å². The standard InChI is InChI=1S/C38H63NO7.C36H60N2O5.C35H55NO6.CN.B.IO4.2Na/c1-21(2)32(42)39-16-17-44-27(19-39)46-26-12-13-37-20-38(37)15-14-35(8)28-22(3)18-23(30(40)34(6,7)43)45-29(28)31(41)36(35,9)25(38)11-10-24(37)33(26,4)5;1-21(2)31(40)38-15-16-41-27(19-38)43-26-11-12-35-20-36(35)14-13-33(6)28-22(3)17-23(18-37-8)42-29(28)30(39)34(33,7)25(36)10-9-24(35)32(26,4)5;1-20(2)30(39)36-14-15-40-26(17-36)42-25-10-11-34-19-35(34)13-12-32(6)27-21(3)16-22(18-37)41-28(27)29(38)33(32,7)24(35)9-8-23(34)31(25,4)5;1-2;;2-1(3,4)5;;/h21-31,40-41,43H,10-20H2,1-9H3;21-30,37,39H,9-20H2,1-8H3;18,20-29,38H,8-17,19H2,1-7H3;;;;;/q;;;-1;;-1;2*+1/t22-,23-,24+,25+,26+,27+,28+,29+,30+,31+,35-,36-,37-,38+;22-,23-,24+,25+,26+,27+,28+,29+,30+,33-,34-,35-,36+;21-,22-,23+,24+,25+,26+,27+,28+,29+,32-,33-,34-,35+;;;;;/m111...../s1. The van der Waals surface area contributed by atoms with Crippen LogP contribution in [0, 0.1) is 182 Å². The SMILES string of the molecule is CC(C)C(=O)N1CCO[C@@H](O[C@H]2CC[C@]34C[C@]35CC[C@]3(C)[C@@H]6[C@H](O[C@@H](C=O)C[C@H]6C)[C@H](O)[C@@]3(C)[C@@H]5CC[C@H]4C2(C)C)C1.CC(C)C(=O)N1CCO[C@@H](O[C@H]2CC[C@]34C[C@]35CC[C@]3(C)[C@@H]6[C@H](O[C@@H]([C@H](O)C(C)(C)O)C[C@H]6C)[C@H](O)[C@@]3(C)[C@@H]5CC[C@H]4C2(C)C)C1.CNC[C@H]1C[C@@H](C)[C@H]2[C@H](O1)[C@H](O)[C@@]1(C)[C@@H]3CC[C@H]4C(C)(C)[C@@H](O[C@H]5CN(C(=O)C(C)C)CCO5)CC[C@@]45C[C@@]35CC[C@]21C.[B].[C-]#N.[Na+].[Na+].[O-][I+3]([O-])([O-])[O-]. The molecule has 31 heteroatoms. The molecule has 3 amide bonds. The molecule has 15 aliphatic carbocycles. The van der Waals surface area contributed by atoms with Crippen LogP contribution < -0.4 is 98.3 Å². The summed E-state index contributed by atoms with van der Waals surface area (Å²) in [5.74, 6) is 5.95. The van der Waals surface area contributed by atoms with Crippen LogP contribution in [0.1, 0.15) is 313 Å². The van der Waals surface area contributed by atoms with E-state index in [0.717, 1.165) is 83.5 Å². The molecule has 21 aliphatic rings. The Kier molecular flexibility index (Phi) is 33.3. The number of carbonyl (C=O) groups is 4. The number of hydrogen-bond acceptors (Lipinski definition) is 24. The van der Waals surface area contributed by atoms with Crippen LogP contribution in [0.25, 0.3) is 0 Å². The van der Waals surface area contributed by atoms with Gasteiger partial charge in [0.25, 0.3) is 0 Å². The minimum atomic E-state index is -5.94. The second-order valence-corrected chi connectivity index (χ2v) is 56.2. The summed E-state index contributed by atoms with van der Waals surface area (Å²) in [5, 5.41) is 68.1. The molecule has 6 heterocycles. The predicted molar refractivity (Wildman–Crippen MR) is 509 cm³/mol. The zero-order valence-corrected chi connectivity index (χ0v) is 97.1. The number of nitrogens with zero attached hydrogens (tertiary/aromatic N) is 4. The Morgan fingerprint density at radius 2 is 0.752 bits per heavy atom. The van der Waals surface area contributed by atoms with Crippen LogP contribution in [0.15, 0.2) is 0 Å². The van der Waals surface area contributed by atoms with Gasteiger partial charge in [-0.3, -0.25) is 28.1 Å². The molecule has 40 atom stereocenters. The molecular formula is C110H178BIN5Na2O22. The van der Waals surface area contributed by atoms with E-state index in [1.807, 2.05) is 63.3 Å². The minimum absolute atomic E-state index is 0. The fourth-order valence-electron chi connectivity index (χ4n) is 40.2. The average Bonchev–Trinajstić information content (AvgIpc) is 1.46. The van der Waals surface area contributed by atoms with Crippen LogP contribution in [-0.4, -0.2) is 249 Å². The number of fused-ring (bicyclic) bond motifs is 12. The molecule has 6 saturated heterocycles. The molecule has 21 fully saturated rings. The Morgan fingerprint density at radius 1 is 0.468 bits per heavy atom. The zero-order valence-electron chi connectivity index (χ0n) is 90.9. The van der Waals surface area contributed by atoms with E-state index in [-0.39, 0.29) is 242 Å². The van der Waals surface area contributed by atoms with Crippen LogP contribution in [0.4, 0.5) is 0 Å². The quantitative estimate of drug-likeness (QED) is 0.0622. The maximum atomic E-state index is 12.7. The molecule has 0 bridgehead atoms. The van der Waals surface area contributed by atoms with Crippen molar-refractivity contribution in [1.29, 1.82) is 5.26 Å². The van der Waals surface area contributed by atoms with E-state index in [2.05, 4.69) is 109 Å². The summed E-state index contributed by atoms with van der Waals surface area (Å²) in [6, 6.07) is 0. The number of aldehydes is 1. The number of aliphatic hydroxyl groups excluding tert-OH is 4. The summed E-state index contributed by atoms with van der Waals surface area (Å²) >= 11 is -5.94. The Bertz CT molecular complexity index is 4490. The molecule has 0 aromatic heterocycles. The number of amides is 3. The topological polar surface area (TPSA) is 390 Å². The molecule has 27 nitrogen and oxygen atoms in total. The normalized spacial score (nSPS) is 49.7. The second-order valence-electron chi connectivity index (χ2n) is 54.0. The molecule has 6 aliphatic heterocycles. The van der Waals surface area contributed by atoms with Crippen molar-refractivity contribution in [2.75, 3.05) is 72.7 Å². The van der Waals surface area contributed by atoms with Gasteiger partial charge in [-0.15, -0.1) is 0 Å². The van der Waals surface area contributed by atoms with Crippen LogP contribution in [-0.2, 0) is 61.8 Å². The Labute approximate surface area is 896 Å². The van der Waals surface area contributed by atoms with Gasteiger partial charge in [0.15, 0.2) is 18.9 Å². The van der Waals surface area contributed by atoms with Crippen molar-refractivity contribution in [3.8, 4) is 0 Å². The van der Waals surface area contributed by atoms with Gasteiger partial charge in [0, 0.05) is 68.6 Å². The summed E-state index contributed by atoms with van der Waals surface area (Å²) in [4.78, 5) is 55.7. The van der Waals surface area contributed by atoms with E-state index in [1.165, 1.54) is 77.0 Å². The fourth-order valence-corrected chi connectivity index (χ4v) is 40.2. The van der Waals surface area contributed by atoms with Gasteiger partial charge in [0.1, 0.15) is 38.6 Å². The summed E-state index contributed by atoms with van der Waals surface area (Å²) in [6.45, 7) is 62.2. The van der Waals surface area contributed by atoms with Crippen LogP contribution in [0.2, 0.25) is 0 Å². The van der Waals surface area contributed by atoms with Gasteiger partial charge in [0.05, 0.1) is 112 Å². The Hall–Kier alpha value is -0.395. The van der Waals surface area contributed by atoms with Gasteiger partial charge in [-0.25, -0.2) is 0 Å². The third-order valence-corrected chi connectivity index (χ3v) is 46.5. The van der Waals surface area contributed by atoms with Gasteiger partial charge in [-0.05, 0) is 311 Å². The molecule has 21 rings (SSSR count). The van der Waals surface area contributed by atoms with Gasteiger partial charge in [0.2, 0.25) is 17.7 Å². The number of aliphatic hydroxyl groups is 5. The zero-order chi connectivity index (χ0) is 101. The van der Waals surface area contributed by atoms with Crippen LogP contribution >= 0.6 is 0 Å². The molecule has 6 N–H and O–H groups in total. The predicted octanol–water partition coefficient (Wildman–Crippen LogP) is 1.60. The first kappa shape index (κ1) is 116. The van der Waals surface area contributed by atoms with Gasteiger partial charge >= 0.3 is 59.1 Å². The summed E-state index contributed by atoms with van der Waals surface area (Å²) < 4.78 is 92.9. The molecule has 141 heavy (non-hydrogen) atoms. The van der Waals surface area contributed by atoms with E-state index >= 15 is 0 Å². The number of rotatable bonds is 14. The first-order valence-corrected chi connectivity index (χ1v) is 57.9. The third kappa shape index (κ3) is 17.7. The van der Waals surface area contributed by atoms with Crippen molar-refractivity contribution < 1.29 is 180 Å². The summed E-state index contributed by atoms with van der Waals surface area (Å²) in [6.07, 6.45) is 23.8. The fraction of sp³-hybridized carbons (Fsp3) is 0.955. The first-order valence-electron chi connectivity index (χ1n) is 54.4. The third-order valence-electron chi connectivity index (χ3n) is 46.5. The summed E-state index contributed by atoms with van der Waals surface area (Å²) in [5.41, 5.74) is 0.147. The smallest absolute Gasteiger partial charge is 0.512 e. The number of morpholine rings is 3. The van der Waals surface area contributed by atoms with Gasteiger partial charge in [-0.1, -0.05) is 145 Å². The molecule has 787 valence electrons. The van der Waals surface area contributed by atoms with Crippen molar-refractivity contribution in [3.63, 3.8) is 0 Å². The van der Waals surface area contributed by atoms with Gasteiger partial charge in [-0.2, -0.15) is 0 Å². The molecular weight excluding hydrogens is 1930 g/mol. The maximum absolute atomic E-state index is 12.7. The van der Waals surface area contributed by atoms with Crippen LogP contribution in [0.3, 0.4) is 0 Å². The van der Waals surface area contributed by atoms with Crippen LogP contribution in [0.5, 0.6) is 0 Å². The number of ether oxygens (including phenoxy) is 9. The monoisotopic (exact) mass is 2110 g/mol. The van der Waals surface area contributed by atoms with E-state index in [9.17, 15) is 44.7 Å². The van der Waals surface area contributed by atoms with Crippen molar-refractivity contribution in [3.05, 3.63) is 6.57 Å². The van der Waals surface area contributed by atoms with E-state index < -0.39 is 56.2 Å². The van der Waals surface area contributed by atoms with Crippen molar-refractivity contribution >= 4 is 32.4 Å². The van der Waals surface area contributed by atoms with Gasteiger partial charge < -0.3 is 105 Å². The Balaban J connectivity index is 0.000000161. The number of nitrogens with one attached hydrogen (secondary N) is 1. The first-order chi connectivity index (χ1) is 64.4. The van der Waals surface area contributed by atoms with E-state index in [4.69, 9.17) is 68.2 Å². The average molecular weight is 2110 g/mol. The molecule has 6 spiro atoms. The molecule has 0 unspecified atom stereocenters. The number of halogens is 1. The maximum Gasteiger partial charge on any atom is 1.00 e. The molecule has 3 radical (unpaired) electrons. The molecule has 15 saturated carbocycles. The van der Waals surface area contributed by atoms with E-state index in [1.54, 1.807) is 13.8 Å². The summed E-state index contributed by atoms with van der Waals surface area (Å²) in [7, 11) is 2.01. The van der Waals surface area contributed by atoms with Crippen molar-refractivity contribution in [2.45, 2.75) is 417 Å². The second kappa shape index (κ2) is 40.4. The largest absolute Gasteiger partial charge is 1.00 e. The van der Waals surface area contributed by atoms with Crippen molar-refractivity contribution in [2.24, 2.45) is 170 Å². The van der Waals surface area contributed by atoms with Crippen molar-refractivity contribution in [1.82, 2.24) is 20.0 Å². The molecule has 0 aromatic rings. The Morgan fingerprint density at radius 3 is 1.05 bits per heavy atom. The number of carbonyl (C=O) groups excluding carboxylic acids is 4. The number of likely N-dealkylation sites (N-methyl/N-ethyl adjacent to an activating group) is 1. The number of hydrogen-bond donors (Lipinski definition) is 6. The molecule has 0 aromatic carbocycles.